The number of aryl methyl sites for hydroxylation is 1. The molecule has 2 amide bonds. The first kappa shape index (κ1) is 19.5. The minimum Gasteiger partial charge on any atom is -0.326 e. The Morgan fingerprint density at radius 3 is 2.40 bits per heavy atom. The minimum atomic E-state index is -0.217. The lowest BCUT2D eigenvalue weighted by atomic mass is 10.2. The van der Waals surface area contributed by atoms with Crippen LogP contribution in [0.15, 0.2) is 77.2 Å². The van der Waals surface area contributed by atoms with Gasteiger partial charge in [-0.15, -0.1) is 11.3 Å². The number of carbonyl (C=O) groups is 2. The van der Waals surface area contributed by atoms with Crippen molar-refractivity contribution in [2.24, 2.45) is 0 Å². The highest BCUT2D eigenvalue weighted by molar-refractivity contribution is 7.12. The fraction of sp³-hybridized carbons (Fsp3) is 0.0909. The van der Waals surface area contributed by atoms with E-state index in [0.29, 0.717) is 27.2 Å². The first-order valence-electron chi connectivity index (χ1n) is 9.29. The second-order valence-electron chi connectivity index (χ2n) is 6.57. The third-order valence-electron chi connectivity index (χ3n) is 4.48. The number of para-hydroxylation sites is 1. The van der Waals surface area contributed by atoms with Crippen molar-refractivity contribution >= 4 is 45.4 Å². The average molecular weight is 418 g/mol. The van der Waals surface area contributed by atoms with Crippen molar-refractivity contribution in [2.75, 3.05) is 10.6 Å². The van der Waals surface area contributed by atoms with E-state index < -0.39 is 0 Å². The van der Waals surface area contributed by atoms with Gasteiger partial charge in [0.25, 0.3) is 11.5 Å². The third kappa shape index (κ3) is 4.44. The number of carbonyl (C=O) groups excluding carboxylic acids is 2. The van der Waals surface area contributed by atoms with Gasteiger partial charge in [-0.3, -0.25) is 19.0 Å². The fourth-order valence-electron chi connectivity index (χ4n) is 2.95. The van der Waals surface area contributed by atoms with Crippen LogP contribution in [0.4, 0.5) is 11.4 Å². The molecule has 0 aliphatic rings. The fourth-order valence-corrected chi connectivity index (χ4v) is 3.57. The summed E-state index contributed by atoms with van der Waals surface area (Å²) in [4.78, 5) is 41.7. The summed E-state index contributed by atoms with van der Waals surface area (Å²) in [5, 5.41) is 7.97. The molecule has 0 aliphatic carbocycles. The molecule has 0 saturated carbocycles. The van der Waals surface area contributed by atoms with Gasteiger partial charge in [-0.2, -0.15) is 0 Å². The minimum absolute atomic E-state index is 0.136. The van der Waals surface area contributed by atoms with Gasteiger partial charge in [0, 0.05) is 24.3 Å². The number of nitrogens with one attached hydrogen (secondary N) is 2. The Hall–Kier alpha value is -3.78. The van der Waals surface area contributed by atoms with Crippen molar-refractivity contribution in [1.29, 1.82) is 0 Å². The SMILES string of the molecule is O=C(CCn1cnc2ccccc2c1=O)Nc1ccc(NC(=O)c2cccs2)cc1. The molecular weight excluding hydrogens is 400 g/mol. The molecule has 30 heavy (non-hydrogen) atoms. The van der Waals surface area contributed by atoms with Gasteiger partial charge in [0.15, 0.2) is 0 Å². The quantitative estimate of drug-likeness (QED) is 0.499. The maximum atomic E-state index is 12.5. The molecule has 7 nitrogen and oxygen atoms in total. The summed E-state index contributed by atoms with van der Waals surface area (Å²) in [5.74, 6) is -0.387. The lowest BCUT2D eigenvalue weighted by Gasteiger charge is -2.09. The van der Waals surface area contributed by atoms with Crippen molar-refractivity contribution in [3.63, 3.8) is 0 Å². The molecule has 0 saturated heterocycles. The first-order chi connectivity index (χ1) is 14.6. The lowest BCUT2D eigenvalue weighted by molar-refractivity contribution is -0.116. The Kier molecular flexibility index (Phi) is 5.67. The van der Waals surface area contributed by atoms with E-state index in [2.05, 4.69) is 15.6 Å². The number of anilines is 2. The van der Waals surface area contributed by atoms with Crippen LogP contribution in [0.2, 0.25) is 0 Å². The highest BCUT2D eigenvalue weighted by atomic mass is 32.1. The van der Waals surface area contributed by atoms with Crippen LogP contribution in [0.5, 0.6) is 0 Å². The summed E-state index contributed by atoms with van der Waals surface area (Å²) in [6.45, 7) is 0.234. The molecule has 4 rings (SSSR count). The second-order valence-corrected chi connectivity index (χ2v) is 7.51. The number of rotatable bonds is 6. The lowest BCUT2D eigenvalue weighted by Crippen LogP contribution is -2.23. The van der Waals surface area contributed by atoms with Gasteiger partial charge in [-0.05, 0) is 47.8 Å². The Balaban J connectivity index is 1.33. The van der Waals surface area contributed by atoms with Gasteiger partial charge in [0.05, 0.1) is 22.1 Å². The van der Waals surface area contributed by atoms with Crippen LogP contribution in [0.3, 0.4) is 0 Å². The summed E-state index contributed by atoms with van der Waals surface area (Å²) in [6, 6.07) is 17.6. The zero-order chi connectivity index (χ0) is 20.9. The highest BCUT2D eigenvalue weighted by Crippen LogP contribution is 2.16. The largest absolute Gasteiger partial charge is 0.326 e. The number of amides is 2. The Labute approximate surface area is 176 Å². The Morgan fingerprint density at radius 1 is 0.933 bits per heavy atom. The van der Waals surface area contributed by atoms with Gasteiger partial charge in [-0.1, -0.05) is 18.2 Å². The summed E-state index contributed by atoms with van der Waals surface area (Å²) < 4.78 is 1.44. The molecule has 2 heterocycles. The van der Waals surface area contributed by atoms with Crippen molar-refractivity contribution < 1.29 is 9.59 Å². The molecule has 0 fully saturated rings. The van der Waals surface area contributed by atoms with E-state index in [1.54, 1.807) is 48.5 Å². The average Bonchev–Trinajstić information content (AvgIpc) is 3.30. The Bertz CT molecular complexity index is 1250. The number of fused-ring (bicyclic) bond motifs is 1. The summed E-state index contributed by atoms with van der Waals surface area (Å²) in [5.41, 5.74) is 1.71. The summed E-state index contributed by atoms with van der Waals surface area (Å²) in [7, 11) is 0. The molecule has 2 N–H and O–H groups in total. The van der Waals surface area contributed by atoms with Crippen LogP contribution in [-0.4, -0.2) is 21.4 Å². The molecule has 2 aromatic carbocycles. The normalized spacial score (nSPS) is 10.7. The second kappa shape index (κ2) is 8.71. The first-order valence-corrected chi connectivity index (χ1v) is 10.2. The zero-order valence-corrected chi connectivity index (χ0v) is 16.7. The molecule has 0 radical (unpaired) electrons. The van der Waals surface area contributed by atoms with E-state index in [1.165, 1.54) is 22.2 Å². The van der Waals surface area contributed by atoms with Crippen LogP contribution in [0, 0.1) is 0 Å². The highest BCUT2D eigenvalue weighted by Gasteiger charge is 2.09. The Morgan fingerprint density at radius 2 is 1.67 bits per heavy atom. The van der Waals surface area contributed by atoms with Crippen LogP contribution in [-0.2, 0) is 11.3 Å². The zero-order valence-electron chi connectivity index (χ0n) is 15.9. The van der Waals surface area contributed by atoms with Gasteiger partial charge in [0.1, 0.15) is 0 Å². The van der Waals surface area contributed by atoms with Crippen LogP contribution >= 0.6 is 11.3 Å². The van der Waals surface area contributed by atoms with Crippen molar-refractivity contribution in [3.8, 4) is 0 Å². The van der Waals surface area contributed by atoms with Gasteiger partial charge >= 0.3 is 0 Å². The van der Waals surface area contributed by atoms with Crippen LogP contribution in [0.1, 0.15) is 16.1 Å². The smallest absolute Gasteiger partial charge is 0.265 e. The van der Waals surface area contributed by atoms with E-state index in [9.17, 15) is 14.4 Å². The molecule has 2 aromatic heterocycles. The summed E-state index contributed by atoms with van der Waals surface area (Å²) in [6.07, 6.45) is 1.60. The van der Waals surface area contributed by atoms with Crippen LogP contribution < -0.4 is 16.2 Å². The predicted octanol–water partition coefficient (Wildman–Crippen LogP) is 3.74. The monoisotopic (exact) mass is 418 g/mol. The van der Waals surface area contributed by atoms with Crippen molar-refractivity contribution in [2.45, 2.75) is 13.0 Å². The van der Waals surface area contributed by atoms with Crippen LogP contribution in [0.25, 0.3) is 10.9 Å². The maximum Gasteiger partial charge on any atom is 0.265 e. The number of benzene rings is 2. The van der Waals surface area contributed by atoms with Gasteiger partial charge in [-0.25, -0.2) is 4.98 Å². The van der Waals surface area contributed by atoms with E-state index in [-0.39, 0.29) is 30.3 Å². The molecule has 0 aliphatic heterocycles. The van der Waals surface area contributed by atoms with Crippen molar-refractivity contribution in [1.82, 2.24) is 9.55 Å². The maximum absolute atomic E-state index is 12.5. The molecule has 8 heteroatoms. The number of hydrogen-bond acceptors (Lipinski definition) is 5. The molecule has 150 valence electrons. The number of hydrogen-bond donors (Lipinski definition) is 2. The number of nitrogens with zero attached hydrogens (tertiary/aromatic N) is 2. The number of thiophene rings is 1. The summed E-state index contributed by atoms with van der Waals surface area (Å²) >= 11 is 1.37. The molecule has 0 atom stereocenters. The van der Waals surface area contributed by atoms with E-state index in [1.807, 2.05) is 17.5 Å². The van der Waals surface area contributed by atoms with Crippen molar-refractivity contribution in [3.05, 3.63) is 87.6 Å². The van der Waals surface area contributed by atoms with E-state index >= 15 is 0 Å². The van der Waals surface area contributed by atoms with Gasteiger partial charge in [0.2, 0.25) is 5.91 Å². The molecule has 0 bridgehead atoms. The van der Waals surface area contributed by atoms with Gasteiger partial charge < -0.3 is 10.6 Å². The molecule has 0 unspecified atom stereocenters. The topological polar surface area (TPSA) is 93.1 Å². The molecular formula is C22H18N4O3S. The van der Waals surface area contributed by atoms with E-state index in [4.69, 9.17) is 0 Å². The predicted molar refractivity (Wildman–Crippen MR) is 118 cm³/mol. The number of aromatic nitrogens is 2. The molecule has 0 spiro atoms. The third-order valence-corrected chi connectivity index (χ3v) is 5.35. The standard InChI is InChI=1S/C22H18N4O3S/c27-20(11-12-26-14-23-18-5-2-1-4-17(18)22(26)29)24-15-7-9-16(10-8-15)25-21(28)19-6-3-13-30-19/h1-10,13-14H,11-12H2,(H,24,27)(H,25,28). The van der Waals surface area contributed by atoms with E-state index in [0.717, 1.165) is 0 Å². The molecule has 4 aromatic rings.